The number of rotatable bonds is 8. The van der Waals surface area contributed by atoms with Gasteiger partial charge in [-0.15, -0.1) is 0 Å². The highest BCUT2D eigenvalue weighted by atomic mass is 16.5. The predicted molar refractivity (Wildman–Crippen MR) is 116 cm³/mol. The molecule has 2 amide bonds. The molecule has 7 heteroatoms. The van der Waals surface area contributed by atoms with E-state index >= 15 is 0 Å². The van der Waals surface area contributed by atoms with E-state index in [2.05, 4.69) is 11.9 Å². The van der Waals surface area contributed by atoms with Crippen LogP contribution in [0.2, 0.25) is 0 Å². The highest BCUT2D eigenvalue weighted by Crippen LogP contribution is 2.34. The Hall–Kier alpha value is -2.38. The number of hydrogen-bond acceptors (Lipinski definition) is 6. The molecule has 0 saturated carbocycles. The first kappa shape index (κ1) is 22.3. The third kappa shape index (κ3) is 4.68. The number of ether oxygens (including phenoxy) is 2. The number of hydrogen-bond donors (Lipinski definition) is 0. The number of likely N-dealkylation sites (N-methyl/N-ethyl adjacent to an activating group) is 1. The summed E-state index contributed by atoms with van der Waals surface area (Å²) in [6.45, 7) is 6.42. The summed E-state index contributed by atoms with van der Waals surface area (Å²) in [6.07, 6.45) is 1.97. The first-order valence-electron chi connectivity index (χ1n) is 10.6. The van der Waals surface area contributed by atoms with Crippen molar-refractivity contribution in [2.24, 2.45) is 0 Å². The number of carbonyl (C=O) groups excluding carboxylic acids is 2. The average molecular weight is 416 g/mol. The van der Waals surface area contributed by atoms with Crippen LogP contribution in [0, 0.1) is 0 Å². The standard InChI is InChI=1S/C23H33N3O4/c1-16(2)30-15-14-26-22(27)20(17-6-8-19(29-5)9-7-17)21(23(26)28)25(4)18-10-12-24(3)13-11-18/h6-9,16,18H,10-15H2,1-5H3. The minimum absolute atomic E-state index is 0.0493. The second kappa shape index (κ2) is 9.62. The lowest BCUT2D eigenvalue weighted by Crippen LogP contribution is -2.44. The van der Waals surface area contributed by atoms with Gasteiger partial charge in [0.25, 0.3) is 11.8 Å². The highest BCUT2D eigenvalue weighted by molar-refractivity contribution is 6.35. The van der Waals surface area contributed by atoms with E-state index in [1.54, 1.807) is 7.11 Å². The molecule has 0 spiro atoms. The molecule has 1 aromatic rings. The summed E-state index contributed by atoms with van der Waals surface area (Å²) in [6, 6.07) is 7.55. The van der Waals surface area contributed by atoms with Gasteiger partial charge < -0.3 is 19.3 Å². The number of benzene rings is 1. The van der Waals surface area contributed by atoms with Crippen LogP contribution in [0.5, 0.6) is 5.75 Å². The van der Waals surface area contributed by atoms with Crippen LogP contribution in [0.15, 0.2) is 30.0 Å². The minimum atomic E-state index is -0.257. The van der Waals surface area contributed by atoms with Gasteiger partial charge in [-0.1, -0.05) is 12.1 Å². The minimum Gasteiger partial charge on any atom is -0.497 e. The SMILES string of the molecule is COc1ccc(C2=C(N(C)C3CCN(C)CC3)C(=O)N(CCOC(C)C)C2=O)cc1. The van der Waals surface area contributed by atoms with Crippen LogP contribution in [-0.2, 0) is 14.3 Å². The molecule has 0 radical (unpaired) electrons. The van der Waals surface area contributed by atoms with Crippen LogP contribution >= 0.6 is 0 Å². The van der Waals surface area contributed by atoms with E-state index in [4.69, 9.17) is 9.47 Å². The second-order valence-electron chi connectivity index (χ2n) is 8.28. The molecule has 0 aliphatic carbocycles. The monoisotopic (exact) mass is 415 g/mol. The number of piperidine rings is 1. The zero-order valence-corrected chi connectivity index (χ0v) is 18.7. The van der Waals surface area contributed by atoms with Crippen molar-refractivity contribution in [3.8, 4) is 5.75 Å². The first-order valence-corrected chi connectivity index (χ1v) is 10.6. The quantitative estimate of drug-likeness (QED) is 0.607. The Morgan fingerprint density at radius 3 is 2.30 bits per heavy atom. The van der Waals surface area contributed by atoms with Gasteiger partial charge in [0.05, 0.1) is 31.9 Å². The Bertz CT molecular complexity index is 795. The molecule has 2 aliphatic rings. The molecule has 1 saturated heterocycles. The van der Waals surface area contributed by atoms with Crippen molar-refractivity contribution in [2.75, 3.05) is 47.4 Å². The van der Waals surface area contributed by atoms with Crippen LogP contribution < -0.4 is 4.74 Å². The molecular weight excluding hydrogens is 382 g/mol. The van der Waals surface area contributed by atoms with Gasteiger partial charge in [0.15, 0.2) is 0 Å². The molecule has 2 heterocycles. The molecule has 0 aromatic heterocycles. The summed E-state index contributed by atoms with van der Waals surface area (Å²) in [4.78, 5) is 32.3. The number of amides is 2. The van der Waals surface area contributed by atoms with Crippen molar-refractivity contribution in [2.45, 2.75) is 38.8 Å². The van der Waals surface area contributed by atoms with Crippen molar-refractivity contribution in [1.29, 1.82) is 0 Å². The summed E-state index contributed by atoms with van der Waals surface area (Å²) in [5.41, 5.74) is 1.69. The van der Waals surface area contributed by atoms with Gasteiger partial charge in [-0.3, -0.25) is 14.5 Å². The van der Waals surface area contributed by atoms with Crippen molar-refractivity contribution in [1.82, 2.24) is 14.7 Å². The van der Waals surface area contributed by atoms with Gasteiger partial charge in [0.1, 0.15) is 11.4 Å². The highest BCUT2D eigenvalue weighted by Gasteiger charge is 2.42. The maximum absolute atomic E-state index is 13.4. The fourth-order valence-corrected chi connectivity index (χ4v) is 4.06. The molecule has 3 rings (SSSR count). The summed E-state index contributed by atoms with van der Waals surface area (Å²) in [5, 5.41) is 0. The maximum atomic E-state index is 13.4. The largest absolute Gasteiger partial charge is 0.497 e. The predicted octanol–water partition coefficient (Wildman–Crippen LogP) is 2.23. The Balaban J connectivity index is 1.92. The van der Waals surface area contributed by atoms with Crippen LogP contribution in [0.1, 0.15) is 32.3 Å². The number of nitrogens with zero attached hydrogens (tertiary/aromatic N) is 3. The van der Waals surface area contributed by atoms with Gasteiger partial charge in [0.2, 0.25) is 0 Å². The van der Waals surface area contributed by atoms with Crippen LogP contribution in [-0.4, -0.2) is 86.1 Å². The molecule has 2 aliphatic heterocycles. The summed E-state index contributed by atoms with van der Waals surface area (Å²) in [7, 11) is 5.65. The van der Waals surface area contributed by atoms with Crippen LogP contribution in [0.4, 0.5) is 0 Å². The zero-order chi connectivity index (χ0) is 21.8. The lowest BCUT2D eigenvalue weighted by Gasteiger charge is -2.36. The molecule has 1 fully saturated rings. The summed E-state index contributed by atoms with van der Waals surface area (Å²) >= 11 is 0. The summed E-state index contributed by atoms with van der Waals surface area (Å²) in [5.74, 6) is 0.218. The number of imide groups is 1. The Kier molecular flexibility index (Phi) is 7.15. The number of likely N-dealkylation sites (tertiary alicyclic amines) is 1. The number of carbonyl (C=O) groups is 2. The van der Waals surface area contributed by atoms with Gasteiger partial charge in [-0.2, -0.15) is 0 Å². The van der Waals surface area contributed by atoms with Gasteiger partial charge in [0, 0.05) is 13.1 Å². The fourth-order valence-electron chi connectivity index (χ4n) is 4.06. The van der Waals surface area contributed by atoms with E-state index in [9.17, 15) is 9.59 Å². The van der Waals surface area contributed by atoms with Crippen LogP contribution in [0.25, 0.3) is 5.57 Å². The normalized spacial score (nSPS) is 18.7. The number of methoxy groups -OCH3 is 1. The van der Waals surface area contributed by atoms with E-state index in [-0.39, 0.29) is 30.5 Å². The van der Waals surface area contributed by atoms with E-state index in [0.717, 1.165) is 31.5 Å². The van der Waals surface area contributed by atoms with E-state index in [0.29, 0.717) is 23.6 Å². The van der Waals surface area contributed by atoms with Gasteiger partial charge in [-0.25, -0.2) is 0 Å². The topological polar surface area (TPSA) is 62.3 Å². The van der Waals surface area contributed by atoms with Crippen molar-refractivity contribution >= 4 is 17.4 Å². The Morgan fingerprint density at radius 2 is 1.73 bits per heavy atom. The molecule has 0 bridgehead atoms. The van der Waals surface area contributed by atoms with E-state index in [1.165, 1.54) is 4.90 Å². The van der Waals surface area contributed by atoms with E-state index < -0.39 is 0 Å². The van der Waals surface area contributed by atoms with Gasteiger partial charge in [-0.05, 0) is 64.5 Å². The molecule has 0 N–H and O–H groups in total. The molecule has 0 atom stereocenters. The zero-order valence-electron chi connectivity index (χ0n) is 18.7. The van der Waals surface area contributed by atoms with Gasteiger partial charge >= 0.3 is 0 Å². The third-order valence-electron chi connectivity index (χ3n) is 5.88. The Labute approximate surface area is 179 Å². The molecule has 1 aromatic carbocycles. The van der Waals surface area contributed by atoms with E-state index in [1.807, 2.05) is 50.1 Å². The smallest absolute Gasteiger partial charge is 0.277 e. The third-order valence-corrected chi connectivity index (χ3v) is 5.88. The maximum Gasteiger partial charge on any atom is 0.277 e. The van der Waals surface area contributed by atoms with Crippen LogP contribution in [0.3, 0.4) is 0 Å². The lowest BCUT2D eigenvalue weighted by molar-refractivity contribution is -0.138. The fraction of sp³-hybridized carbons (Fsp3) is 0.565. The second-order valence-corrected chi connectivity index (χ2v) is 8.28. The molecule has 30 heavy (non-hydrogen) atoms. The molecule has 7 nitrogen and oxygen atoms in total. The first-order chi connectivity index (χ1) is 14.3. The van der Waals surface area contributed by atoms with Crippen molar-refractivity contribution in [3.05, 3.63) is 35.5 Å². The Morgan fingerprint density at radius 1 is 1.10 bits per heavy atom. The van der Waals surface area contributed by atoms with Crippen molar-refractivity contribution < 1.29 is 19.1 Å². The molecule has 0 unspecified atom stereocenters. The molecular formula is C23H33N3O4. The molecule has 164 valence electrons. The van der Waals surface area contributed by atoms with Crippen molar-refractivity contribution in [3.63, 3.8) is 0 Å². The lowest BCUT2D eigenvalue weighted by atomic mass is 10.00. The average Bonchev–Trinajstić information content (AvgIpc) is 2.98. The summed E-state index contributed by atoms with van der Waals surface area (Å²) < 4.78 is 10.8.